The Morgan fingerprint density at radius 2 is 1.03 bits per heavy atom. The Morgan fingerprint density at radius 3 is 1.73 bits per heavy atom. The monoisotopic (exact) mass is 953 g/mol. The van der Waals surface area contributed by atoms with Crippen LogP contribution in [0.3, 0.4) is 0 Å². The Kier molecular flexibility index (Phi) is 9.86. The van der Waals surface area contributed by atoms with Crippen LogP contribution in [0.4, 0.5) is 22.7 Å². The number of benzene rings is 9. The van der Waals surface area contributed by atoms with Gasteiger partial charge >= 0.3 is 6.98 Å². The second-order valence-corrected chi connectivity index (χ2v) is 20.8. The van der Waals surface area contributed by atoms with Crippen LogP contribution in [0.5, 0.6) is 0 Å². The zero-order valence-corrected chi connectivity index (χ0v) is 42.1. The van der Waals surface area contributed by atoms with Crippen molar-refractivity contribution in [3.05, 3.63) is 248 Å². The van der Waals surface area contributed by atoms with Crippen LogP contribution in [-0.4, -0.2) is 25.7 Å². The average molecular weight is 954 g/mol. The van der Waals surface area contributed by atoms with E-state index in [1.54, 1.807) is 0 Å². The van der Waals surface area contributed by atoms with Gasteiger partial charge in [0.25, 0.3) is 6.33 Å². The molecule has 1 aliphatic heterocycles. The number of nitrogens with zero attached hydrogens (tertiary/aromatic N) is 7. The molecule has 354 valence electrons. The highest BCUT2D eigenvalue weighted by molar-refractivity contribution is 6.85. The maximum atomic E-state index is 5.07. The van der Waals surface area contributed by atoms with Crippen LogP contribution in [0.25, 0.3) is 77.5 Å². The Morgan fingerprint density at radius 1 is 0.446 bits per heavy atom. The van der Waals surface area contributed by atoms with Gasteiger partial charge in [-0.25, -0.2) is 4.98 Å². The predicted molar refractivity (Wildman–Crippen MR) is 307 cm³/mol. The SMILES string of the molecule is Cc1cccc(C)c1B1N(c2ccccc2)c2ccc(-n3[c-][n+](-c4ccccc4-n4c5ccccc5c5ccccc54)c4ccccc43)cc2N1c1ccc2c3ccccc3n(-c3cc(C(C)(C)C)ccn3)c2c1. The number of fused-ring (bicyclic) bond motifs is 8. The first kappa shape index (κ1) is 43.6. The molecule has 8 heteroatoms. The fourth-order valence-electron chi connectivity index (χ4n) is 11.9. The standard InChI is InChI=1S/C66H52BN7/c1-44-20-19-21-45(2)65(44)67-73(47-22-7-6-8-23-47)61-37-35-48(41-63(61)74(67)49-34-36-53-52-26-11-14-29-56(52)72(62(53)42-49)64-40-46(38-39-68-64)66(3,4)5)69-43-70(58-31-16-15-30-57(58)69)59-32-17-18-33-60(59)71-54-27-12-9-24-50(54)51-25-10-13-28-55(51)71/h6-42H,1-5H3. The molecule has 0 spiro atoms. The summed E-state index contributed by atoms with van der Waals surface area (Å²) in [7, 11) is 0. The van der Waals surface area contributed by atoms with Crippen molar-refractivity contribution >= 4 is 89.8 Å². The lowest BCUT2D eigenvalue weighted by Gasteiger charge is -2.32. The van der Waals surface area contributed by atoms with Crippen molar-refractivity contribution in [1.82, 2.24) is 18.7 Å². The van der Waals surface area contributed by atoms with Gasteiger partial charge in [0.05, 0.1) is 61.5 Å². The molecule has 9 aromatic carbocycles. The van der Waals surface area contributed by atoms with Gasteiger partial charge in [-0.3, -0.25) is 13.7 Å². The van der Waals surface area contributed by atoms with Gasteiger partial charge in [0.2, 0.25) is 0 Å². The van der Waals surface area contributed by atoms with Crippen LogP contribution in [0.1, 0.15) is 37.5 Å². The largest absolute Gasteiger partial charge is 0.421 e. The van der Waals surface area contributed by atoms with Gasteiger partial charge in [0, 0.05) is 39.1 Å². The number of pyridine rings is 1. The van der Waals surface area contributed by atoms with E-state index in [0.29, 0.717) is 0 Å². The molecule has 0 saturated carbocycles. The van der Waals surface area contributed by atoms with Gasteiger partial charge in [0.1, 0.15) is 5.82 Å². The van der Waals surface area contributed by atoms with Crippen molar-refractivity contribution in [2.24, 2.45) is 0 Å². The van der Waals surface area contributed by atoms with Gasteiger partial charge in [-0.1, -0.05) is 165 Å². The van der Waals surface area contributed by atoms with Crippen molar-refractivity contribution in [2.75, 3.05) is 9.62 Å². The van der Waals surface area contributed by atoms with Crippen molar-refractivity contribution in [2.45, 2.75) is 40.0 Å². The van der Waals surface area contributed by atoms with Crippen LogP contribution in [0.15, 0.2) is 225 Å². The summed E-state index contributed by atoms with van der Waals surface area (Å²) < 4.78 is 9.24. The zero-order valence-electron chi connectivity index (χ0n) is 42.1. The molecule has 0 atom stereocenters. The van der Waals surface area contributed by atoms with E-state index < -0.39 is 0 Å². The molecule has 5 heterocycles. The summed E-state index contributed by atoms with van der Waals surface area (Å²) in [5.41, 5.74) is 19.1. The zero-order chi connectivity index (χ0) is 49.8. The minimum atomic E-state index is -0.227. The minimum Gasteiger partial charge on any atom is -0.360 e. The minimum absolute atomic E-state index is 0.0461. The fraction of sp³-hybridized carbons (Fsp3) is 0.0909. The van der Waals surface area contributed by atoms with Crippen LogP contribution in [0.2, 0.25) is 0 Å². The first-order valence-corrected chi connectivity index (χ1v) is 25.6. The fourth-order valence-corrected chi connectivity index (χ4v) is 11.9. The third kappa shape index (κ3) is 6.67. The molecule has 14 rings (SSSR count). The van der Waals surface area contributed by atoms with Crippen LogP contribution >= 0.6 is 0 Å². The van der Waals surface area contributed by atoms with Crippen molar-refractivity contribution < 1.29 is 4.57 Å². The number of hydrogen-bond donors (Lipinski definition) is 0. The highest BCUT2D eigenvalue weighted by Gasteiger charge is 2.45. The van der Waals surface area contributed by atoms with E-state index in [-0.39, 0.29) is 12.4 Å². The van der Waals surface area contributed by atoms with Crippen molar-refractivity contribution in [3.63, 3.8) is 0 Å². The molecule has 0 bridgehead atoms. The van der Waals surface area contributed by atoms with E-state index in [1.165, 1.54) is 54.7 Å². The van der Waals surface area contributed by atoms with Crippen molar-refractivity contribution in [1.29, 1.82) is 0 Å². The molecule has 7 nitrogen and oxygen atoms in total. The number of rotatable bonds is 7. The summed E-state index contributed by atoms with van der Waals surface area (Å²) in [6.45, 7) is 11.1. The van der Waals surface area contributed by atoms with Crippen molar-refractivity contribution in [3.8, 4) is 22.9 Å². The molecule has 0 fully saturated rings. The highest BCUT2D eigenvalue weighted by Crippen LogP contribution is 2.49. The van der Waals surface area contributed by atoms with E-state index in [0.717, 1.165) is 67.7 Å². The molecule has 0 saturated heterocycles. The number of imidazole rings is 1. The first-order chi connectivity index (χ1) is 36.2. The summed E-state index contributed by atoms with van der Waals surface area (Å²) in [5.74, 6) is 0.908. The molecule has 0 amide bonds. The van der Waals surface area contributed by atoms with E-state index in [9.17, 15) is 0 Å². The van der Waals surface area contributed by atoms with Crippen LogP contribution in [0, 0.1) is 20.2 Å². The van der Waals surface area contributed by atoms with Crippen LogP contribution < -0.4 is 19.7 Å². The summed E-state index contributed by atoms with van der Waals surface area (Å²) in [6, 6.07) is 79.5. The molecule has 0 aliphatic carbocycles. The summed E-state index contributed by atoms with van der Waals surface area (Å²) in [6.07, 6.45) is 5.89. The van der Waals surface area contributed by atoms with Crippen LogP contribution in [-0.2, 0) is 5.41 Å². The second-order valence-electron chi connectivity index (χ2n) is 20.8. The topological polar surface area (TPSA) is 38.0 Å². The van der Waals surface area contributed by atoms with Gasteiger partial charge in [-0.05, 0) is 115 Å². The number of aryl methyl sites for hydroxylation is 2. The summed E-state index contributed by atoms with van der Waals surface area (Å²) in [5, 5.41) is 4.84. The highest BCUT2D eigenvalue weighted by atomic mass is 15.3. The Balaban J connectivity index is 1.01. The average Bonchev–Trinajstić information content (AvgIpc) is 4.23. The smallest absolute Gasteiger partial charge is 0.360 e. The number of anilines is 4. The molecule has 4 aromatic heterocycles. The van der Waals surface area contributed by atoms with Gasteiger partial charge in [0.15, 0.2) is 0 Å². The third-order valence-corrected chi connectivity index (χ3v) is 15.3. The summed E-state index contributed by atoms with van der Waals surface area (Å²) >= 11 is 0. The van der Waals surface area contributed by atoms with Gasteiger partial charge in [-0.2, -0.15) is 0 Å². The molecule has 0 N–H and O–H groups in total. The molecule has 0 radical (unpaired) electrons. The number of para-hydroxylation sites is 8. The molecule has 13 aromatic rings. The van der Waals surface area contributed by atoms with E-state index in [4.69, 9.17) is 4.98 Å². The first-order valence-electron chi connectivity index (χ1n) is 25.6. The lowest BCUT2D eigenvalue weighted by atomic mass is 9.61. The van der Waals surface area contributed by atoms with E-state index in [1.807, 2.05) is 6.20 Å². The van der Waals surface area contributed by atoms with Gasteiger partial charge in [-0.15, -0.1) is 0 Å². The Bertz CT molecular complexity index is 4290. The Labute approximate surface area is 431 Å². The normalized spacial score (nSPS) is 12.9. The van der Waals surface area contributed by atoms with E-state index >= 15 is 0 Å². The Hall–Kier alpha value is -9.14. The maximum Gasteiger partial charge on any atom is 0.421 e. The lowest BCUT2D eigenvalue weighted by molar-refractivity contribution is -0.572. The second kappa shape index (κ2) is 16.7. The molecule has 74 heavy (non-hydrogen) atoms. The molecular formula is C66H52BN7. The molecule has 1 aliphatic rings. The maximum absolute atomic E-state index is 5.07. The lowest BCUT2D eigenvalue weighted by Crippen LogP contribution is -2.55. The van der Waals surface area contributed by atoms with E-state index in [2.05, 4.69) is 287 Å². The number of aromatic nitrogens is 5. The predicted octanol–water partition coefficient (Wildman–Crippen LogP) is 14.9. The molecular weight excluding hydrogens is 902 g/mol. The number of hydrogen-bond acceptors (Lipinski definition) is 3. The quantitative estimate of drug-likeness (QED) is 0.0908. The third-order valence-electron chi connectivity index (χ3n) is 15.3. The van der Waals surface area contributed by atoms with Gasteiger partial charge < -0.3 is 14.2 Å². The summed E-state index contributed by atoms with van der Waals surface area (Å²) in [4.78, 5) is 10.2. The molecule has 0 unspecified atom stereocenters.